The Morgan fingerprint density at radius 1 is 1.47 bits per heavy atom. The molecule has 8 heteroatoms. The zero-order valence-corrected chi connectivity index (χ0v) is 12.3. The maximum absolute atomic E-state index is 11.9. The number of carbonyl (C=O) groups is 1. The normalized spacial score (nSPS) is 11.4. The van der Waals surface area contributed by atoms with Crippen molar-refractivity contribution >= 4 is 39.2 Å². The number of carbonyl (C=O) groups excluding carboxylic acids is 1. The van der Waals surface area contributed by atoms with Gasteiger partial charge in [0, 0.05) is 10.2 Å². The summed E-state index contributed by atoms with van der Waals surface area (Å²) in [5.74, 6) is -0.416. The molecule has 106 valence electrons. The Morgan fingerprint density at radius 3 is 2.63 bits per heavy atom. The van der Waals surface area contributed by atoms with Crippen LogP contribution in [0.1, 0.15) is 17.3 Å². The Kier molecular flexibility index (Phi) is 5.54. The Balaban J connectivity index is 2.75. The van der Waals surface area contributed by atoms with Gasteiger partial charge < -0.3 is 10.5 Å². The van der Waals surface area contributed by atoms with E-state index in [1.165, 1.54) is 19.1 Å². The topological polar surface area (TPSA) is 52.3 Å². The van der Waals surface area contributed by atoms with E-state index in [0.29, 0.717) is 4.47 Å². The van der Waals surface area contributed by atoms with E-state index in [2.05, 4.69) is 15.9 Å². The molecular weight excluding hydrogens is 347 g/mol. The van der Waals surface area contributed by atoms with Crippen molar-refractivity contribution in [2.75, 3.05) is 18.1 Å². The SMILES string of the molecule is CC(=O)c1cc(Br)cc(N)c1OCCSC(F)(F)F. The Morgan fingerprint density at radius 2 is 2.11 bits per heavy atom. The van der Waals surface area contributed by atoms with Crippen molar-refractivity contribution < 1.29 is 22.7 Å². The predicted molar refractivity (Wildman–Crippen MR) is 72.6 cm³/mol. The van der Waals surface area contributed by atoms with Crippen LogP contribution in [0.4, 0.5) is 18.9 Å². The highest BCUT2D eigenvalue weighted by atomic mass is 79.9. The predicted octanol–water partition coefficient (Wildman–Crippen LogP) is 3.87. The molecule has 3 nitrogen and oxygen atoms in total. The second kappa shape index (κ2) is 6.51. The van der Waals surface area contributed by atoms with Gasteiger partial charge in [-0.1, -0.05) is 15.9 Å². The van der Waals surface area contributed by atoms with Gasteiger partial charge in [-0.15, -0.1) is 0 Å². The summed E-state index contributed by atoms with van der Waals surface area (Å²) < 4.78 is 41.6. The number of hydrogen-bond donors (Lipinski definition) is 1. The summed E-state index contributed by atoms with van der Waals surface area (Å²) >= 11 is 3.00. The van der Waals surface area contributed by atoms with Crippen LogP contribution in [0.25, 0.3) is 0 Å². The van der Waals surface area contributed by atoms with Gasteiger partial charge in [0.1, 0.15) is 0 Å². The lowest BCUT2D eigenvalue weighted by molar-refractivity contribution is -0.0329. The Bertz CT molecular complexity index is 480. The molecule has 0 aliphatic heterocycles. The third kappa shape index (κ3) is 5.32. The largest absolute Gasteiger partial charge is 0.490 e. The molecule has 0 atom stereocenters. The molecule has 1 aromatic rings. The van der Waals surface area contributed by atoms with E-state index in [-0.39, 0.29) is 46.9 Å². The van der Waals surface area contributed by atoms with E-state index in [1.54, 1.807) is 0 Å². The quantitative estimate of drug-likeness (QED) is 0.493. The monoisotopic (exact) mass is 357 g/mol. The lowest BCUT2D eigenvalue weighted by Gasteiger charge is -2.13. The summed E-state index contributed by atoms with van der Waals surface area (Å²) in [5, 5.41) is 0. The van der Waals surface area contributed by atoms with Gasteiger partial charge in [0.05, 0.1) is 17.9 Å². The molecule has 0 amide bonds. The second-order valence-electron chi connectivity index (χ2n) is 3.57. The molecule has 0 bridgehead atoms. The van der Waals surface area contributed by atoms with Gasteiger partial charge in [-0.2, -0.15) is 13.2 Å². The van der Waals surface area contributed by atoms with Crippen LogP contribution < -0.4 is 10.5 Å². The van der Waals surface area contributed by atoms with Gasteiger partial charge >= 0.3 is 5.51 Å². The number of hydrogen-bond acceptors (Lipinski definition) is 4. The molecule has 0 fully saturated rings. The molecule has 0 aromatic heterocycles. The van der Waals surface area contributed by atoms with Crippen LogP contribution in [0, 0.1) is 0 Å². The number of ketones is 1. The number of Topliss-reactive ketones (excluding diaryl/α,β-unsaturated/α-hetero) is 1. The Labute approximate surface area is 120 Å². The van der Waals surface area contributed by atoms with Crippen molar-refractivity contribution in [3.63, 3.8) is 0 Å². The zero-order chi connectivity index (χ0) is 14.6. The summed E-state index contributed by atoms with van der Waals surface area (Å²) in [6.45, 7) is 1.15. The summed E-state index contributed by atoms with van der Waals surface area (Å²) in [7, 11) is 0. The number of alkyl halides is 3. The van der Waals surface area contributed by atoms with E-state index in [0.717, 1.165) is 0 Å². The summed E-state index contributed by atoms with van der Waals surface area (Å²) in [6.07, 6.45) is 0. The first-order valence-corrected chi connectivity index (χ1v) is 6.92. The highest BCUT2D eigenvalue weighted by Gasteiger charge is 2.27. The second-order valence-corrected chi connectivity index (χ2v) is 5.65. The van der Waals surface area contributed by atoms with E-state index in [1.807, 2.05) is 0 Å². The molecule has 0 saturated carbocycles. The minimum Gasteiger partial charge on any atom is -0.490 e. The van der Waals surface area contributed by atoms with Crippen molar-refractivity contribution in [1.29, 1.82) is 0 Å². The first kappa shape index (κ1) is 16.2. The van der Waals surface area contributed by atoms with Gasteiger partial charge in [-0.3, -0.25) is 4.79 Å². The zero-order valence-electron chi connectivity index (χ0n) is 9.88. The van der Waals surface area contributed by atoms with Gasteiger partial charge in [0.15, 0.2) is 11.5 Å². The first-order valence-electron chi connectivity index (χ1n) is 5.14. The molecular formula is C11H11BrF3NO2S. The number of anilines is 1. The molecule has 0 heterocycles. The molecule has 0 aliphatic rings. The van der Waals surface area contributed by atoms with Gasteiger partial charge in [0.25, 0.3) is 0 Å². The highest BCUT2D eigenvalue weighted by molar-refractivity contribution is 9.10. The number of thioether (sulfide) groups is 1. The van der Waals surface area contributed by atoms with Crippen molar-refractivity contribution in [2.45, 2.75) is 12.4 Å². The Hall–Kier alpha value is -0.890. The lowest BCUT2D eigenvalue weighted by Crippen LogP contribution is -2.10. The molecule has 0 aliphatic carbocycles. The fourth-order valence-corrected chi connectivity index (χ4v) is 2.21. The number of halogens is 4. The molecule has 1 aromatic carbocycles. The third-order valence-corrected chi connectivity index (χ3v) is 3.21. The number of nitrogen functional groups attached to an aromatic ring is 1. The van der Waals surface area contributed by atoms with Crippen LogP contribution in [0.5, 0.6) is 5.75 Å². The van der Waals surface area contributed by atoms with Gasteiger partial charge in [0.2, 0.25) is 0 Å². The van der Waals surface area contributed by atoms with Crippen LogP contribution in [0.3, 0.4) is 0 Å². The fourth-order valence-electron chi connectivity index (χ4n) is 1.34. The molecule has 0 unspecified atom stereocenters. The number of ether oxygens (including phenoxy) is 1. The fraction of sp³-hybridized carbons (Fsp3) is 0.364. The first-order chi connectivity index (χ1) is 8.70. The molecule has 0 spiro atoms. The van der Waals surface area contributed by atoms with E-state index >= 15 is 0 Å². The van der Waals surface area contributed by atoms with E-state index in [9.17, 15) is 18.0 Å². The summed E-state index contributed by atoms with van der Waals surface area (Å²) in [6, 6.07) is 3.05. The van der Waals surface area contributed by atoms with Crippen LogP contribution >= 0.6 is 27.7 Å². The van der Waals surface area contributed by atoms with Crippen LogP contribution in [0.15, 0.2) is 16.6 Å². The van der Waals surface area contributed by atoms with Crippen molar-refractivity contribution in [3.05, 3.63) is 22.2 Å². The lowest BCUT2D eigenvalue weighted by atomic mass is 10.1. The summed E-state index contributed by atoms with van der Waals surface area (Å²) in [4.78, 5) is 11.4. The van der Waals surface area contributed by atoms with Gasteiger partial charge in [-0.25, -0.2) is 0 Å². The van der Waals surface area contributed by atoms with Crippen molar-refractivity contribution in [3.8, 4) is 5.75 Å². The van der Waals surface area contributed by atoms with Crippen LogP contribution in [-0.4, -0.2) is 23.7 Å². The van der Waals surface area contributed by atoms with Gasteiger partial charge in [-0.05, 0) is 30.8 Å². The van der Waals surface area contributed by atoms with E-state index in [4.69, 9.17) is 10.5 Å². The number of nitrogens with two attached hydrogens (primary N) is 1. The molecule has 19 heavy (non-hydrogen) atoms. The maximum Gasteiger partial charge on any atom is 0.441 e. The van der Waals surface area contributed by atoms with Crippen LogP contribution in [0.2, 0.25) is 0 Å². The van der Waals surface area contributed by atoms with Crippen molar-refractivity contribution in [1.82, 2.24) is 0 Å². The maximum atomic E-state index is 11.9. The highest BCUT2D eigenvalue weighted by Crippen LogP contribution is 2.33. The smallest absolute Gasteiger partial charge is 0.441 e. The average molecular weight is 358 g/mol. The average Bonchev–Trinajstić information content (AvgIpc) is 2.24. The molecule has 0 radical (unpaired) electrons. The number of rotatable bonds is 5. The minimum atomic E-state index is -4.29. The molecule has 1 rings (SSSR count). The third-order valence-electron chi connectivity index (χ3n) is 2.06. The minimum absolute atomic E-state index is 0.124. The summed E-state index contributed by atoms with van der Waals surface area (Å²) in [5.41, 5.74) is 1.84. The van der Waals surface area contributed by atoms with E-state index < -0.39 is 5.51 Å². The molecule has 2 N–H and O–H groups in total. The van der Waals surface area contributed by atoms with Crippen molar-refractivity contribution in [2.24, 2.45) is 0 Å². The standard InChI is InChI=1S/C11H11BrF3NO2S/c1-6(17)8-4-7(12)5-9(16)10(8)18-2-3-19-11(13,14)15/h4-5H,2-3,16H2,1H3. The number of benzene rings is 1. The van der Waals surface area contributed by atoms with Crippen LogP contribution in [-0.2, 0) is 0 Å². The molecule has 0 saturated heterocycles.